The Bertz CT molecular complexity index is 418. The van der Waals surface area contributed by atoms with Crippen molar-refractivity contribution in [3.63, 3.8) is 0 Å². The van der Waals surface area contributed by atoms with E-state index in [0.29, 0.717) is 18.6 Å². The lowest BCUT2D eigenvalue weighted by molar-refractivity contribution is -0.132. The van der Waals surface area contributed by atoms with Gasteiger partial charge in [-0.3, -0.25) is 9.69 Å². The van der Waals surface area contributed by atoms with Crippen LogP contribution in [-0.4, -0.2) is 34.5 Å². The molecule has 0 saturated carbocycles. The average molecular weight is 261 g/mol. The summed E-state index contributed by atoms with van der Waals surface area (Å²) in [6, 6.07) is 10.8. The van der Waals surface area contributed by atoms with Gasteiger partial charge in [0.2, 0.25) is 0 Å². The first-order chi connectivity index (χ1) is 9.13. The minimum Gasteiger partial charge on any atom is -0.396 e. The lowest BCUT2D eigenvalue weighted by Gasteiger charge is -2.43. The molecule has 1 aliphatic heterocycles. The zero-order chi connectivity index (χ0) is 13.8. The van der Waals surface area contributed by atoms with Crippen LogP contribution in [0.3, 0.4) is 0 Å². The summed E-state index contributed by atoms with van der Waals surface area (Å²) in [4.78, 5) is 14.5. The van der Waals surface area contributed by atoms with Crippen LogP contribution < -0.4 is 0 Å². The molecule has 104 valence electrons. The van der Waals surface area contributed by atoms with Gasteiger partial charge in [0.25, 0.3) is 0 Å². The zero-order valence-corrected chi connectivity index (χ0v) is 11.7. The lowest BCUT2D eigenvalue weighted by atomic mass is 9.83. The summed E-state index contributed by atoms with van der Waals surface area (Å²) >= 11 is 0. The topological polar surface area (TPSA) is 40.5 Å². The van der Waals surface area contributed by atoms with Crippen molar-refractivity contribution >= 4 is 5.78 Å². The van der Waals surface area contributed by atoms with E-state index in [1.54, 1.807) is 0 Å². The Morgan fingerprint density at radius 3 is 2.58 bits per heavy atom. The number of carbonyl (C=O) groups excluding carboxylic acids is 1. The van der Waals surface area contributed by atoms with E-state index >= 15 is 0 Å². The molecule has 3 nitrogen and oxygen atoms in total. The van der Waals surface area contributed by atoms with E-state index in [4.69, 9.17) is 5.11 Å². The number of piperidine rings is 1. The molecule has 3 atom stereocenters. The second-order valence-electron chi connectivity index (χ2n) is 5.54. The quantitative estimate of drug-likeness (QED) is 0.903. The van der Waals surface area contributed by atoms with Gasteiger partial charge in [-0.2, -0.15) is 0 Å². The molecule has 1 N–H and O–H groups in total. The second-order valence-corrected chi connectivity index (χ2v) is 5.54. The Hall–Kier alpha value is -1.19. The number of hydrogen-bond donors (Lipinski definition) is 1. The number of rotatable bonds is 4. The molecular formula is C16H23NO2. The van der Waals surface area contributed by atoms with Gasteiger partial charge in [0.1, 0.15) is 5.78 Å². The van der Waals surface area contributed by atoms with Gasteiger partial charge in [-0.05, 0) is 25.8 Å². The fraction of sp³-hybridized carbons (Fsp3) is 0.562. The fourth-order valence-corrected chi connectivity index (χ4v) is 3.10. The predicted molar refractivity (Wildman–Crippen MR) is 75.7 cm³/mol. The highest BCUT2D eigenvalue weighted by molar-refractivity contribution is 5.83. The number of likely N-dealkylation sites (tertiary alicyclic amines) is 1. The van der Waals surface area contributed by atoms with Crippen molar-refractivity contribution in [3.05, 3.63) is 35.9 Å². The number of nitrogens with zero attached hydrogens (tertiary/aromatic N) is 1. The van der Waals surface area contributed by atoms with Gasteiger partial charge in [0.05, 0.1) is 0 Å². The minimum atomic E-state index is -0.0232. The Kier molecular flexibility index (Phi) is 4.72. The van der Waals surface area contributed by atoms with Crippen molar-refractivity contribution in [3.8, 4) is 0 Å². The van der Waals surface area contributed by atoms with Gasteiger partial charge in [0.15, 0.2) is 0 Å². The van der Waals surface area contributed by atoms with Crippen LogP contribution in [0.4, 0.5) is 0 Å². The number of Topliss-reactive ketones (excluding diaryl/α,β-unsaturated/α-hetero) is 1. The molecule has 19 heavy (non-hydrogen) atoms. The number of aliphatic hydroxyl groups excluding tert-OH is 1. The lowest BCUT2D eigenvalue weighted by Crippen LogP contribution is -2.52. The van der Waals surface area contributed by atoms with E-state index in [-0.39, 0.29) is 24.6 Å². The SMILES string of the molecule is C[C@@H]1CC(=O)C(CCO)[C@H](C)N1Cc1ccccc1. The van der Waals surface area contributed by atoms with Gasteiger partial charge in [-0.25, -0.2) is 0 Å². The van der Waals surface area contributed by atoms with Crippen LogP contribution in [0.15, 0.2) is 30.3 Å². The maximum absolute atomic E-state index is 12.1. The third-order valence-corrected chi connectivity index (χ3v) is 4.23. The van der Waals surface area contributed by atoms with Crippen LogP contribution >= 0.6 is 0 Å². The average Bonchev–Trinajstić information content (AvgIpc) is 2.41. The predicted octanol–water partition coefficient (Wildman–Crippen LogP) is 2.24. The molecule has 0 aromatic heterocycles. The number of aliphatic hydroxyl groups is 1. The molecule has 3 heteroatoms. The Morgan fingerprint density at radius 1 is 1.26 bits per heavy atom. The smallest absolute Gasteiger partial charge is 0.139 e. The first-order valence-corrected chi connectivity index (χ1v) is 7.06. The highest BCUT2D eigenvalue weighted by atomic mass is 16.3. The first-order valence-electron chi connectivity index (χ1n) is 7.06. The van der Waals surface area contributed by atoms with Gasteiger partial charge < -0.3 is 5.11 Å². The summed E-state index contributed by atoms with van der Waals surface area (Å²) in [7, 11) is 0. The largest absolute Gasteiger partial charge is 0.396 e. The third-order valence-electron chi connectivity index (χ3n) is 4.23. The van der Waals surface area contributed by atoms with Crippen LogP contribution in [0.5, 0.6) is 0 Å². The molecule has 0 amide bonds. The van der Waals surface area contributed by atoms with Gasteiger partial charge >= 0.3 is 0 Å². The molecule has 0 spiro atoms. The maximum atomic E-state index is 12.1. The maximum Gasteiger partial charge on any atom is 0.139 e. The normalized spacial score (nSPS) is 28.6. The summed E-state index contributed by atoms with van der Waals surface area (Å²) in [6.07, 6.45) is 1.18. The van der Waals surface area contributed by atoms with Gasteiger partial charge in [0, 0.05) is 37.6 Å². The summed E-state index contributed by atoms with van der Waals surface area (Å²) in [6.45, 7) is 5.19. The van der Waals surface area contributed by atoms with E-state index < -0.39 is 0 Å². The summed E-state index contributed by atoms with van der Waals surface area (Å²) in [5.74, 6) is 0.281. The molecular weight excluding hydrogens is 238 g/mol. The van der Waals surface area contributed by atoms with Crippen LogP contribution in [0.1, 0.15) is 32.3 Å². The molecule has 2 rings (SSSR count). The van der Waals surface area contributed by atoms with Crippen molar-refractivity contribution in [2.75, 3.05) is 6.61 Å². The van der Waals surface area contributed by atoms with E-state index in [9.17, 15) is 4.79 Å². The minimum absolute atomic E-state index is 0.0232. The molecule has 0 bridgehead atoms. The highest BCUT2D eigenvalue weighted by Crippen LogP contribution is 2.28. The molecule has 1 unspecified atom stereocenters. The fourth-order valence-electron chi connectivity index (χ4n) is 3.10. The molecule has 1 aromatic rings. The molecule has 1 aromatic carbocycles. The summed E-state index contributed by atoms with van der Waals surface area (Å²) in [5, 5.41) is 9.13. The number of carbonyl (C=O) groups is 1. The molecule has 0 aliphatic carbocycles. The number of hydrogen-bond acceptors (Lipinski definition) is 3. The van der Waals surface area contributed by atoms with E-state index in [1.807, 2.05) is 18.2 Å². The molecule has 0 radical (unpaired) electrons. The highest BCUT2D eigenvalue weighted by Gasteiger charge is 2.37. The van der Waals surface area contributed by atoms with Crippen molar-refractivity contribution in [1.82, 2.24) is 4.90 Å². The standard InChI is InChI=1S/C16H23NO2/c1-12-10-16(19)15(8-9-18)13(2)17(12)11-14-6-4-3-5-7-14/h3-7,12-13,15,18H,8-11H2,1-2H3/t12-,13+,15?/m1/s1. The van der Waals surface area contributed by atoms with Crippen LogP contribution in [-0.2, 0) is 11.3 Å². The van der Waals surface area contributed by atoms with Crippen LogP contribution in [0.2, 0.25) is 0 Å². The molecule has 1 saturated heterocycles. The Morgan fingerprint density at radius 2 is 1.95 bits per heavy atom. The summed E-state index contributed by atoms with van der Waals surface area (Å²) in [5.41, 5.74) is 1.28. The van der Waals surface area contributed by atoms with Crippen LogP contribution in [0, 0.1) is 5.92 Å². The van der Waals surface area contributed by atoms with Crippen LogP contribution in [0.25, 0.3) is 0 Å². The number of ketones is 1. The van der Waals surface area contributed by atoms with E-state index in [2.05, 4.69) is 30.9 Å². The molecule has 1 heterocycles. The van der Waals surface area contributed by atoms with E-state index in [1.165, 1.54) is 5.56 Å². The Balaban J connectivity index is 2.12. The van der Waals surface area contributed by atoms with Crippen molar-refractivity contribution in [2.24, 2.45) is 5.92 Å². The van der Waals surface area contributed by atoms with E-state index in [0.717, 1.165) is 6.54 Å². The van der Waals surface area contributed by atoms with Crippen molar-refractivity contribution in [2.45, 2.75) is 45.3 Å². The van der Waals surface area contributed by atoms with Gasteiger partial charge in [-0.15, -0.1) is 0 Å². The van der Waals surface area contributed by atoms with Gasteiger partial charge in [-0.1, -0.05) is 30.3 Å². The monoisotopic (exact) mass is 261 g/mol. The second kappa shape index (κ2) is 6.31. The van der Waals surface area contributed by atoms with Crippen molar-refractivity contribution in [1.29, 1.82) is 0 Å². The number of benzene rings is 1. The summed E-state index contributed by atoms with van der Waals surface area (Å²) < 4.78 is 0. The molecule has 1 aliphatic rings. The van der Waals surface area contributed by atoms with Crippen molar-refractivity contribution < 1.29 is 9.90 Å². The third kappa shape index (κ3) is 3.23. The molecule has 1 fully saturated rings. The Labute approximate surface area is 115 Å². The first kappa shape index (κ1) is 14.2. The zero-order valence-electron chi connectivity index (χ0n) is 11.7.